The van der Waals surface area contributed by atoms with Crippen LogP contribution in [0.4, 0.5) is 0 Å². The second-order valence-electron chi connectivity index (χ2n) is 6.35. The molecule has 24 heavy (non-hydrogen) atoms. The van der Waals surface area contributed by atoms with Crippen molar-refractivity contribution in [1.82, 2.24) is 15.5 Å². The minimum absolute atomic E-state index is 0.246. The van der Waals surface area contributed by atoms with E-state index >= 15 is 0 Å². The number of rotatable bonds is 5. The molecule has 1 aromatic carbocycles. The molecule has 0 bridgehead atoms. The van der Waals surface area contributed by atoms with Crippen LogP contribution in [0.1, 0.15) is 27.5 Å². The van der Waals surface area contributed by atoms with Gasteiger partial charge in [0, 0.05) is 36.2 Å². The Hall–Kier alpha value is -2.60. The van der Waals surface area contributed by atoms with Crippen LogP contribution in [0.25, 0.3) is 10.9 Å². The summed E-state index contributed by atoms with van der Waals surface area (Å²) in [4.78, 5) is 15.5. The van der Waals surface area contributed by atoms with Crippen molar-refractivity contribution < 1.29 is 14.1 Å². The van der Waals surface area contributed by atoms with E-state index in [4.69, 9.17) is 9.26 Å². The van der Waals surface area contributed by atoms with Crippen molar-refractivity contribution in [2.75, 3.05) is 13.2 Å². The highest BCUT2D eigenvalue weighted by Gasteiger charge is 2.21. The van der Waals surface area contributed by atoms with Gasteiger partial charge in [0.15, 0.2) is 0 Å². The van der Waals surface area contributed by atoms with Crippen LogP contribution in [-0.4, -0.2) is 29.3 Å². The Morgan fingerprint density at radius 1 is 1.33 bits per heavy atom. The van der Waals surface area contributed by atoms with Gasteiger partial charge in [0.05, 0.1) is 18.9 Å². The summed E-state index contributed by atoms with van der Waals surface area (Å²) in [5.74, 6) is 0.496. The molecule has 0 unspecified atom stereocenters. The number of amides is 1. The van der Waals surface area contributed by atoms with Crippen molar-refractivity contribution >= 4 is 16.8 Å². The Labute approximate surface area is 139 Å². The van der Waals surface area contributed by atoms with Crippen molar-refractivity contribution in [3.8, 4) is 0 Å². The van der Waals surface area contributed by atoms with E-state index in [2.05, 4.69) is 27.6 Å². The Morgan fingerprint density at radius 2 is 2.21 bits per heavy atom. The molecule has 0 atom stereocenters. The molecule has 0 aliphatic carbocycles. The predicted molar refractivity (Wildman–Crippen MR) is 88.7 cm³/mol. The first kappa shape index (κ1) is 15.0. The lowest BCUT2D eigenvalue weighted by Gasteiger charge is -2.24. The summed E-state index contributed by atoms with van der Waals surface area (Å²) < 4.78 is 10.3. The number of fused-ring (bicyclic) bond motifs is 1. The second kappa shape index (κ2) is 6.13. The monoisotopic (exact) mass is 325 g/mol. The summed E-state index contributed by atoms with van der Waals surface area (Å²) in [7, 11) is 0. The molecular formula is C18H19N3O3. The van der Waals surface area contributed by atoms with Crippen LogP contribution >= 0.6 is 0 Å². The zero-order valence-electron chi connectivity index (χ0n) is 13.5. The lowest BCUT2D eigenvalue weighted by atomic mass is 10.0. The van der Waals surface area contributed by atoms with Crippen molar-refractivity contribution in [2.45, 2.75) is 19.9 Å². The Morgan fingerprint density at radius 3 is 3.00 bits per heavy atom. The number of aryl methyl sites for hydroxylation is 1. The molecule has 1 saturated heterocycles. The number of H-pyrrole nitrogens is 1. The Kier molecular flexibility index (Phi) is 3.82. The third kappa shape index (κ3) is 3.05. The van der Waals surface area contributed by atoms with Crippen LogP contribution < -0.4 is 5.32 Å². The number of nitrogens with zero attached hydrogens (tertiary/aromatic N) is 1. The van der Waals surface area contributed by atoms with E-state index in [0.29, 0.717) is 12.5 Å². The smallest absolute Gasteiger partial charge is 0.290 e. The molecule has 0 radical (unpaired) electrons. The fourth-order valence-electron chi connectivity index (χ4n) is 2.92. The number of nitrogens with one attached hydrogen (secondary N) is 2. The first-order valence-corrected chi connectivity index (χ1v) is 8.07. The number of aromatic nitrogens is 2. The van der Waals surface area contributed by atoms with E-state index < -0.39 is 0 Å². The summed E-state index contributed by atoms with van der Waals surface area (Å²) in [5.41, 5.74) is 4.07. The maximum Gasteiger partial charge on any atom is 0.290 e. The average molecular weight is 325 g/mol. The third-order valence-corrected chi connectivity index (χ3v) is 4.26. The van der Waals surface area contributed by atoms with Gasteiger partial charge in [-0.1, -0.05) is 11.2 Å². The van der Waals surface area contributed by atoms with Crippen LogP contribution in [-0.2, 0) is 17.7 Å². The molecule has 6 nitrogen and oxygen atoms in total. The molecule has 1 fully saturated rings. The van der Waals surface area contributed by atoms with Gasteiger partial charge in [0.25, 0.3) is 5.91 Å². The van der Waals surface area contributed by atoms with E-state index in [9.17, 15) is 4.79 Å². The van der Waals surface area contributed by atoms with Crippen molar-refractivity contribution in [2.24, 2.45) is 5.92 Å². The van der Waals surface area contributed by atoms with Gasteiger partial charge >= 0.3 is 0 Å². The van der Waals surface area contributed by atoms with E-state index in [1.165, 1.54) is 0 Å². The van der Waals surface area contributed by atoms with Gasteiger partial charge in [-0.15, -0.1) is 0 Å². The first-order valence-electron chi connectivity index (χ1n) is 8.07. The largest absolute Gasteiger partial charge is 0.381 e. The van der Waals surface area contributed by atoms with Gasteiger partial charge in [-0.25, -0.2) is 0 Å². The molecule has 1 amide bonds. The van der Waals surface area contributed by atoms with Crippen molar-refractivity contribution in [1.29, 1.82) is 0 Å². The quantitative estimate of drug-likeness (QED) is 0.755. The fraction of sp³-hybridized carbons (Fsp3) is 0.333. The number of carbonyl (C=O) groups excluding carboxylic acids is 1. The van der Waals surface area contributed by atoms with Crippen molar-refractivity contribution in [3.05, 3.63) is 53.0 Å². The number of ether oxygens (including phenoxy) is 1. The molecule has 2 aromatic heterocycles. The highest BCUT2D eigenvalue weighted by Crippen LogP contribution is 2.18. The standard InChI is InChI=1S/C18H19N3O3/c1-11-4-14-5-12(2-3-16(14)20-11)8-19-18(22)17-7-15(21-24-17)6-13-9-23-10-13/h2-5,7,13,20H,6,8-10H2,1H3,(H,19,22). The van der Waals surface area contributed by atoms with Crippen molar-refractivity contribution in [3.63, 3.8) is 0 Å². The number of benzene rings is 1. The first-order chi connectivity index (χ1) is 11.7. The summed E-state index contributed by atoms with van der Waals surface area (Å²) in [6, 6.07) is 9.90. The number of hydrogen-bond donors (Lipinski definition) is 2. The molecule has 4 rings (SSSR count). The second-order valence-corrected chi connectivity index (χ2v) is 6.35. The van der Waals surface area contributed by atoms with Gasteiger partial charge in [-0.2, -0.15) is 0 Å². The molecule has 1 aliphatic rings. The topological polar surface area (TPSA) is 80.2 Å². The lowest BCUT2D eigenvalue weighted by Crippen LogP contribution is -2.29. The minimum Gasteiger partial charge on any atom is -0.381 e. The molecule has 0 spiro atoms. The normalized spacial score (nSPS) is 14.7. The maximum absolute atomic E-state index is 12.2. The maximum atomic E-state index is 12.2. The van der Waals surface area contributed by atoms with E-state index in [-0.39, 0.29) is 11.7 Å². The number of hydrogen-bond acceptors (Lipinski definition) is 4. The van der Waals surface area contributed by atoms with Crippen LogP contribution in [0, 0.1) is 12.8 Å². The molecule has 124 valence electrons. The van der Waals surface area contributed by atoms with Gasteiger partial charge in [-0.3, -0.25) is 4.79 Å². The molecule has 2 N–H and O–H groups in total. The van der Waals surface area contributed by atoms with Gasteiger partial charge in [0.2, 0.25) is 5.76 Å². The summed E-state index contributed by atoms with van der Waals surface area (Å²) in [6.45, 7) is 4.00. The number of aromatic amines is 1. The van der Waals surface area contributed by atoms with Crippen LogP contribution in [0.2, 0.25) is 0 Å². The van der Waals surface area contributed by atoms with Gasteiger partial charge in [0.1, 0.15) is 0 Å². The van der Waals surface area contributed by atoms with Gasteiger partial charge in [-0.05, 0) is 36.1 Å². The number of carbonyl (C=O) groups is 1. The van der Waals surface area contributed by atoms with E-state index in [1.807, 2.05) is 19.1 Å². The highest BCUT2D eigenvalue weighted by atomic mass is 16.5. The SMILES string of the molecule is Cc1cc2cc(CNC(=O)c3cc(CC4COC4)no3)ccc2[nH]1. The molecule has 3 aromatic rings. The van der Waals surface area contributed by atoms with Crippen LogP contribution in [0.5, 0.6) is 0 Å². The fourth-order valence-corrected chi connectivity index (χ4v) is 2.92. The molecule has 0 saturated carbocycles. The zero-order valence-corrected chi connectivity index (χ0v) is 13.5. The minimum atomic E-state index is -0.246. The summed E-state index contributed by atoms with van der Waals surface area (Å²) in [5, 5.41) is 7.98. The van der Waals surface area contributed by atoms with Gasteiger partial charge < -0.3 is 19.6 Å². The molecule has 1 aliphatic heterocycles. The molecule has 6 heteroatoms. The average Bonchev–Trinajstić information content (AvgIpc) is 3.13. The predicted octanol–water partition coefficient (Wildman–Crippen LogP) is 2.58. The highest BCUT2D eigenvalue weighted by molar-refractivity contribution is 5.91. The van der Waals surface area contributed by atoms with E-state index in [0.717, 1.165) is 47.5 Å². The Bertz CT molecular complexity index is 877. The Balaban J connectivity index is 1.38. The lowest BCUT2D eigenvalue weighted by molar-refractivity contribution is -0.0318. The van der Waals surface area contributed by atoms with E-state index in [1.54, 1.807) is 6.07 Å². The van der Waals surface area contributed by atoms with Crippen LogP contribution in [0.15, 0.2) is 34.9 Å². The van der Waals surface area contributed by atoms with Crippen LogP contribution in [0.3, 0.4) is 0 Å². The summed E-state index contributed by atoms with van der Waals surface area (Å²) >= 11 is 0. The molecular weight excluding hydrogens is 306 g/mol. The molecule has 3 heterocycles. The zero-order chi connectivity index (χ0) is 16.5. The summed E-state index contributed by atoms with van der Waals surface area (Å²) in [6.07, 6.45) is 0.792. The third-order valence-electron chi connectivity index (χ3n) is 4.26.